The molecule has 0 aromatic carbocycles. The Hall–Kier alpha value is -1.19. The van der Waals surface area contributed by atoms with E-state index in [0.717, 1.165) is 0 Å². The summed E-state index contributed by atoms with van der Waals surface area (Å²) < 4.78 is 0. The molecule has 0 saturated carbocycles. The smallest absolute Gasteiger partial charge is 0.233 e. The van der Waals surface area contributed by atoms with Gasteiger partial charge in [-0.2, -0.15) is 0 Å². The van der Waals surface area contributed by atoms with Gasteiger partial charge in [0.2, 0.25) is 11.8 Å². The Morgan fingerprint density at radius 3 is 2.00 bits per heavy atom. The quantitative estimate of drug-likeness (QED) is 0.731. The Morgan fingerprint density at radius 2 is 1.64 bits per heavy atom. The molecule has 126 valence electrons. The molecule has 1 aliphatic heterocycles. The van der Waals surface area contributed by atoms with Crippen LogP contribution in [0.1, 0.15) is 68.2 Å². The number of hydrogen-bond acceptors (Lipinski definition) is 3. The molecule has 1 rings (SSSR count). The normalized spacial score (nSPS) is 21.7. The molecule has 0 bridgehead atoms. The van der Waals surface area contributed by atoms with E-state index >= 15 is 0 Å². The highest BCUT2D eigenvalue weighted by Gasteiger charge is 2.47. The zero-order valence-corrected chi connectivity index (χ0v) is 15.3. The van der Waals surface area contributed by atoms with Crippen molar-refractivity contribution in [3.63, 3.8) is 0 Å². The number of amides is 2. The second kappa shape index (κ2) is 6.13. The predicted octanol–water partition coefficient (Wildman–Crippen LogP) is 3.44. The molecule has 1 aliphatic rings. The van der Waals surface area contributed by atoms with Gasteiger partial charge < -0.3 is 0 Å². The lowest BCUT2D eigenvalue weighted by Crippen LogP contribution is -2.50. The first kappa shape index (κ1) is 18.9. The van der Waals surface area contributed by atoms with Crippen molar-refractivity contribution in [2.45, 2.75) is 73.8 Å². The van der Waals surface area contributed by atoms with Gasteiger partial charge in [-0.15, -0.1) is 0 Å². The lowest BCUT2D eigenvalue weighted by atomic mass is 9.78. The van der Waals surface area contributed by atoms with Crippen LogP contribution in [0.15, 0.2) is 0 Å². The van der Waals surface area contributed by atoms with Gasteiger partial charge in [-0.25, -0.2) is 0 Å². The van der Waals surface area contributed by atoms with Gasteiger partial charge in [0, 0.05) is 29.2 Å². The molecule has 2 atom stereocenters. The first-order valence-electron chi connectivity index (χ1n) is 8.20. The van der Waals surface area contributed by atoms with E-state index in [0.29, 0.717) is 12.8 Å². The van der Waals surface area contributed by atoms with E-state index in [9.17, 15) is 14.4 Å². The maximum Gasteiger partial charge on any atom is 0.233 e. The second-order valence-corrected chi connectivity index (χ2v) is 8.65. The lowest BCUT2D eigenvalue weighted by Gasteiger charge is -2.37. The lowest BCUT2D eigenvalue weighted by molar-refractivity contribution is -0.147. The maximum absolute atomic E-state index is 12.6. The molecule has 1 saturated heterocycles. The fourth-order valence-corrected chi connectivity index (χ4v) is 3.48. The second-order valence-electron chi connectivity index (χ2n) is 8.65. The fourth-order valence-electron chi connectivity index (χ4n) is 3.48. The molecule has 0 radical (unpaired) electrons. The van der Waals surface area contributed by atoms with Crippen LogP contribution in [0, 0.1) is 23.2 Å². The van der Waals surface area contributed by atoms with Crippen molar-refractivity contribution < 1.29 is 14.4 Å². The molecule has 22 heavy (non-hydrogen) atoms. The molecule has 0 N–H and O–H groups in total. The number of likely N-dealkylation sites (tertiary alicyclic amines) is 1. The number of hydrogen-bond donors (Lipinski definition) is 0. The standard InChI is InChI=1S/C18H31NO3/c1-11(2)13-9-14(20)19(16(13)22)18(7,8)10-12(3)15(21)17(4,5)6/h11-13H,9-10H2,1-8H3. The maximum atomic E-state index is 12.6. The number of imide groups is 1. The van der Waals surface area contributed by atoms with Crippen LogP contribution in [0.4, 0.5) is 0 Å². The van der Waals surface area contributed by atoms with Crippen molar-refractivity contribution in [3.05, 3.63) is 0 Å². The predicted molar refractivity (Wildman–Crippen MR) is 87.1 cm³/mol. The van der Waals surface area contributed by atoms with E-state index in [-0.39, 0.29) is 35.4 Å². The molecular weight excluding hydrogens is 278 g/mol. The third kappa shape index (κ3) is 3.76. The summed E-state index contributed by atoms with van der Waals surface area (Å²) in [6.45, 7) is 15.3. The Bertz CT molecular complexity index is 471. The van der Waals surface area contributed by atoms with Gasteiger partial charge in [-0.3, -0.25) is 19.3 Å². The van der Waals surface area contributed by atoms with E-state index in [2.05, 4.69) is 0 Å². The summed E-state index contributed by atoms with van der Waals surface area (Å²) in [5, 5.41) is 0. The molecule has 0 aliphatic carbocycles. The third-order valence-corrected chi connectivity index (χ3v) is 4.58. The van der Waals surface area contributed by atoms with Gasteiger partial charge in [-0.05, 0) is 26.2 Å². The molecule has 2 unspecified atom stereocenters. The summed E-state index contributed by atoms with van der Waals surface area (Å²) in [5.74, 6) is -0.274. The fraction of sp³-hybridized carbons (Fsp3) is 0.833. The van der Waals surface area contributed by atoms with Crippen molar-refractivity contribution >= 4 is 17.6 Å². The Morgan fingerprint density at radius 1 is 1.14 bits per heavy atom. The molecule has 4 heteroatoms. The van der Waals surface area contributed by atoms with E-state index in [1.165, 1.54) is 4.90 Å². The van der Waals surface area contributed by atoms with Gasteiger partial charge in [0.25, 0.3) is 0 Å². The van der Waals surface area contributed by atoms with Crippen molar-refractivity contribution in [2.24, 2.45) is 23.2 Å². The number of ketones is 1. The summed E-state index contributed by atoms with van der Waals surface area (Å²) in [4.78, 5) is 38.7. The zero-order chi connectivity index (χ0) is 17.5. The summed E-state index contributed by atoms with van der Waals surface area (Å²) in [5.41, 5.74) is -1.03. The molecule has 0 spiro atoms. The molecule has 2 amide bonds. The molecule has 1 heterocycles. The topological polar surface area (TPSA) is 54.5 Å². The average Bonchev–Trinajstić information content (AvgIpc) is 2.62. The minimum Gasteiger partial charge on any atom is -0.299 e. The number of rotatable bonds is 5. The number of carbonyl (C=O) groups excluding carboxylic acids is 3. The van der Waals surface area contributed by atoms with Crippen molar-refractivity contribution in [3.8, 4) is 0 Å². The minimum atomic E-state index is -0.627. The van der Waals surface area contributed by atoms with E-state index in [1.54, 1.807) is 0 Å². The van der Waals surface area contributed by atoms with Crippen LogP contribution in [0.5, 0.6) is 0 Å². The highest BCUT2D eigenvalue weighted by molar-refractivity contribution is 6.04. The van der Waals surface area contributed by atoms with E-state index < -0.39 is 11.0 Å². The highest BCUT2D eigenvalue weighted by atomic mass is 16.2. The largest absolute Gasteiger partial charge is 0.299 e. The van der Waals surface area contributed by atoms with Crippen LogP contribution in [0.2, 0.25) is 0 Å². The van der Waals surface area contributed by atoms with Crippen LogP contribution in [0.3, 0.4) is 0 Å². The zero-order valence-electron chi connectivity index (χ0n) is 15.3. The molecular formula is C18H31NO3. The first-order chi connectivity index (χ1) is 9.79. The van der Waals surface area contributed by atoms with Gasteiger partial charge in [0.15, 0.2) is 0 Å². The monoisotopic (exact) mass is 309 g/mol. The van der Waals surface area contributed by atoms with Gasteiger partial charge in [0.1, 0.15) is 5.78 Å². The Balaban J connectivity index is 2.93. The van der Waals surface area contributed by atoms with Gasteiger partial charge in [0.05, 0.1) is 0 Å². The van der Waals surface area contributed by atoms with E-state index in [4.69, 9.17) is 0 Å². The highest BCUT2D eigenvalue weighted by Crippen LogP contribution is 2.36. The van der Waals surface area contributed by atoms with Crippen LogP contribution in [0.25, 0.3) is 0 Å². The summed E-state index contributed by atoms with van der Waals surface area (Å²) in [6, 6.07) is 0. The molecule has 0 aromatic rings. The SMILES string of the molecule is CC(CC(C)(C)N1C(=O)CC(C(C)C)C1=O)C(=O)C(C)(C)C. The van der Waals surface area contributed by atoms with Crippen LogP contribution in [-0.4, -0.2) is 28.0 Å². The molecule has 1 fully saturated rings. The van der Waals surface area contributed by atoms with Crippen LogP contribution < -0.4 is 0 Å². The van der Waals surface area contributed by atoms with Gasteiger partial charge in [-0.1, -0.05) is 41.5 Å². The van der Waals surface area contributed by atoms with E-state index in [1.807, 2.05) is 55.4 Å². The van der Waals surface area contributed by atoms with Crippen molar-refractivity contribution in [2.75, 3.05) is 0 Å². The first-order valence-corrected chi connectivity index (χ1v) is 8.20. The van der Waals surface area contributed by atoms with Crippen LogP contribution >= 0.6 is 0 Å². The van der Waals surface area contributed by atoms with Gasteiger partial charge >= 0.3 is 0 Å². The van der Waals surface area contributed by atoms with Crippen molar-refractivity contribution in [1.82, 2.24) is 4.90 Å². The average molecular weight is 309 g/mol. The van der Waals surface area contributed by atoms with Crippen LogP contribution in [-0.2, 0) is 14.4 Å². The summed E-state index contributed by atoms with van der Waals surface area (Å²) in [6.07, 6.45) is 0.799. The Kier molecular flexibility index (Phi) is 5.26. The number of Topliss-reactive ketones (excluding diaryl/α,β-unsaturated/α-hetero) is 1. The number of nitrogens with zero attached hydrogens (tertiary/aromatic N) is 1. The third-order valence-electron chi connectivity index (χ3n) is 4.58. The molecule has 4 nitrogen and oxygen atoms in total. The summed E-state index contributed by atoms with van der Waals surface area (Å²) in [7, 11) is 0. The summed E-state index contributed by atoms with van der Waals surface area (Å²) >= 11 is 0. The van der Waals surface area contributed by atoms with Crippen molar-refractivity contribution in [1.29, 1.82) is 0 Å². The minimum absolute atomic E-state index is 0.0830. The number of carbonyl (C=O) groups is 3. The Labute approximate surface area is 134 Å². The molecule has 0 aromatic heterocycles.